The lowest BCUT2D eigenvalue weighted by Crippen LogP contribution is -2.18. The number of nitrogens with one attached hydrogen (secondary N) is 2. The number of aromatic nitrogens is 2. The zero-order valence-corrected chi connectivity index (χ0v) is 13.0. The van der Waals surface area contributed by atoms with Gasteiger partial charge in [-0.1, -0.05) is 17.7 Å². The summed E-state index contributed by atoms with van der Waals surface area (Å²) in [6.07, 6.45) is 3.78. The van der Waals surface area contributed by atoms with Crippen molar-refractivity contribution in [2.45, 2.75) is 6.54 Å². The van der Waals surface area contributed by atoms with Crippen molar-refractivity contribution in [3.05, 3.63) is 65.9 Å². The number of aromatic amines is 1. The van der Waals surface area contributed by atoms with E-state index < -0.39 is 0 Å². The van der Waals surface area contributed by atoms with Crippen LogP contribution in [0.1, 0.15) is 0 Å². The number of H-pyrrole nitrogens is 1. The van der Waals surface area contributed by atoms with E-state index in [0.717, 1.165) is 27.5 Å². The number of amides is 1. The molecule has 0 fully saturated rings. The van der Waals surface area contributed by atoms with Gasteiger partial charge in [0.2, 0.25) is 5.91 Å². The number of fused-ring (bicyclic) bond motifs is 2. The summed E-state index contributed by atoms with van der Waals surface area (Å²) in [4.78, 5) is 15.4. The van der Waals surface area contributed by atoms with Crippen LogP contribution in [0.4, 0.5) is 5.69 Å². The number of carbonyl (C=O) groups excluding carboxylic acids is 1. The third kappa shape index (κ3) is 2.69. The number of benzene rings is 2. The molecule has 4 rings (SSSR count). The number of nitrogens with zero attached hydrogens (tertiary/aromatic N) is 1. The summed E-state index contributed by atoms with van der Waals surface area (Å²) < 4.78 is 1.89. The van der Waals surface area contributed by atoms with Crippen molar-refractivity contribution in [3.63, 3.8) is 0 Å². The molecule has 5 heteroatoms. The molecule has 0 saturated carbocycles. The van der Waals surface area contributed by atoms with Gasteiger partial charge in [-0.15, -0.1) is 0 Å². The summed E-state index contributed by atoms with van der Waals surface area (Å²) >= 11 is 6.04. The molecule has 114 valence electrons. The predicted molar refractivity (Wildman–Crippen MR) is 93.9 cm³/mol. The Balaban J connectivity index is 1.55. The SMILES string of the molecule is O=C(Cn1ccc2ccc(Cl)cc21)Nc1ccc2[nH]ccc2c1. The minimum absolute atomic E-state index is 0.0719. The lowest BCUT2D eigenvalue weighted by atomic mass is 10.2. The van der Waals surface area contributed by atoms with E-state index in [1.165, 1.54) is 0 Å². The summed E-state index contributed by atoms with van der Waals surface area (Å²) in [5, 5.41) is 5.73. The molecule has 2 heterocycles. The van der Waals surface area contributed by atoms with Crippen LogP contribution in [0, 0.1) is 0 Å². The second kappa shape index (κ2) is 5.48. The topological polar surface area (TPSA) is 49.8 Å². The molecule has 2 N–H and O–H groups in total. The third-order valence-corrected chi connectivity index (χ3v) is 4.12. The van der Waals surface area contributed by atoms with E-state index >= 15 is 0 Å². The molecule has 4 aromatic rings. The van der Waals surface area contributed by atoms with Crippen LogP contribution in [-0.4, -0.2) is 15.5 Å². The van der Waals surface area contributed by atoms with Crippen LogP contribution < -0.4 is 5.32 Å². The monoisotopic (exact) mass is 323 g/mol. The summed E-state index contributed by atoms with van der Waals surface area (Å²) in [6.45, 7) is 0.245. The average molecular weight is 324 g/mol. The summed E-state index contributed by atoms with van der Waals surface area (Å²) in [5.74, 6) is -0.0719. The van der Waals surface area contributed by atoms with E-state index in [1.54, 1.807) is 0 Å². The fourth-order valence-electron chi connectivity index (χ4n) is 2.78. The van der Waals surface area contributed by atoms with Gasteiger partial charge in [0.15, 0.2) is 0 Å². The normalized spacial score (nSPS) is 11.2. The molecule has 0 spiro atoms. The predicted octanol–water partition coefficient (Wildman–Crippen LogP) is 4.41. The Morgan fingerprint density at radius 1 is 1.09 bits per heavy atom. The number of halogens is 1. The third-order valence-electron chi connectivity index (χ3n) is 3.89. The van der Waals surface area contributed by atoms with Gasteiger partial charge >= 0.3 is 0 Å². The van der Waals surface area contributed by atoms with E-state index in [-0.39, 0.29) is 12.5 Å². The maximum atomic E-state index is 12.3. The van der Waals surface area contributed by atoms with E-state index in [9.17, 15) is 4.79 Å². The molecule has 23 heavy (non-hydrogen) atoms. The van der Waals surface area contributed by atoms with Gasteiger partial charge in [0.05, 0.1) is 0 Å². The molecule has 0 atom stereocenters. The standard InChI is InChI=1S/C18H14ClN3O/c19-14-2-1-12-6-8-22(17(12)10-14)11-18(23)21-15-3-4-16-13(9-15)5-7-20-16/h1-10,20H,11H2,(H,21,23). The molecule has 0 aliphatic heterocycles. The van der Waals surface area contributed by atoms with Crippen molar-refractivity contribution >= 4 is 45.0 Å². The molecule has 1 amide bonds. The van der Waals surface area contributed by atoms with Crippen molar-refractivity contribution in [2.75, 3.05) is 5.32 Å². The van der Waals surface area contributed by atoms with Crippen molar-refractivity contribution < 1.29 is 4.79 Å². The van der Waals surface area contributed by atoms with Crippen LogP contribution in [-0.2, 0) is 11.3 Å². The van der Waals surface area contributed by atoms with Gasteiger partial charge in [0.1, 0.15) is 6.54 Å². The maximum absolute atomic E-state index is 12.3. The number of hydrogen-bond donors (Lipinski definition) is 2. The Morgan fingerprint density at radius 3 is 2.91 bits per heavy atom. The van der Waals surface area contributed by atoms with Crippen LogP contribution in [0.3, 0.4) is 0 Å². The van der Waals surface area contributed by atoms with Crippen LogP contribution in [0.15, 0.2) is 60.9 Å². The summed E-state index contributed by atoms with van der Waals surface area (Å²) in [6, 6.07) is 15.4. The smallest absolute Gasteiger partial charge is 0.244 e. The van der Waals surface area contributed by atoms with Gasteiger partial charge in [-0.3, -0.25) is 4.79 Å². The molecule has 2 aromatic heterocycles. The fourth-order valence-corrected chi connectivity index (χ4v) is 2.95. The minimum Gasteiger partial charge on any atom is -0.361 e. The first-order chi connectivity index (χ1) is 11.2. The minimum atomic E-state index is -0.0719. The molecule has 0 unspecified atom stereocenters. The van der Waals surface area contributed by atoms with E-state index in [0.29, 0.717) is 5.02 Å². The lowest BCUT2D eigenvalue weighted by Gasteiger charge is -2.08. The molecular weight excluding hydrogens is 310 g/mol. The van der Waals surface area contributed by atoms with Gasteiger partial charge < -0.3 is 14.9 Å². The van der Waals surface area contributed by atoms with Crippen molar-refractivity contribution in [1.29, 1.82) is 0 Å². The zero-order chi connectivity index (χ0) is 15.8. The van der Waals surface area contributed by atoms with Gasteiger partial charge in [-0.05, 0) is 47.9 Å². The molecule has 0 bridgehead atoms. The van der Waals surface area contributed by atoms with E-state index in [4.69, 9.17) is 11.6 Å². The highest BCUT2D eigenvalue weighted by Crippen LogP contribution is 2.21. The first kappa shape index (κ1) is 13.9. The lowest BCUT2D eigenvalue weighted by molar-refractivity contribution is -0.116. The molecule has 0 aliphatic carbocycles. The largest absolute Gasteiger partial charge is 0.361 e. The maximum Gasteiger partial charge on any atom is 0.244 e. The van der Waals surface area contributed by atoms with E-state index in [1.807, 2.05) is 65.5 Å². The Kier molecular flexibility index (Phi) is 3.32. The second-order valence-corrected chi connectivity index (χ2v) is 5.91. The van der Waals surface area contributed by atoms with Crippen LogP contribution >= 0.6 is 11.6 Å². The van der Waals surface area contributed by atoms with Crippen molar-refractivity contribution in [2.24, 2.45) is 0 Å². The molecule has 0 saturated heterocycles. The summed E-state index contributed by atoms with van der Waals surface area (Å²) in [5.41, 5.74) is 2.79. The fraction of sp³-hybridized carbons (Fsp3) is 0.0556. The zero-order valence-electron chi connectivity index (χ0n) is 12.2. The van der Waals surface area contributed by atoms with Crippen LogP contribution in [0.5, 0.6) is 0 Å². The quantitative estimate of drug-likeness (QED) is 0.576. The summed E-state index contributed by atoms with van der Waals surface area (Å²) in [7, 11) is 0. The van der Waals surface area contributed by atoms with Gasteiger partial charge in [0, 0.05) is 39.5 Å². The van der Waals surface area contributed by atoms with Gasteiger partial charge in [-0.25, -0.2) is 0 Å². The Bertz CT molecular complexity index is 1020. The Morgan fingerprint density at radius 2 is 2.00 bits per heavy atom. The van der Waals surface area contributed by atoms with Crippen molar-refractivity contribution in [3.8, 4) is 0 Å². The number of hydrogen-bond acceptors (Lipinski definition) is 1. The average Bonchev–Trinajstić information content (AvgIpc) is 3.14. The number of anilines is 1. The van der Waals surface area contributed by atoms with Crippen molar-refractivity contribution in [1.82, 2.24) is 9.55 Å². The highest BCUT2D eigenvalue weighted by atomic mass is 35.5. The molecular formula is C18H14ClN3O. The molecule has 4 nitrogen and oxygen atoms in total. The van der Waals surface area contributed by atoms with Gasteiger partial charge in [0.25, 0.3) is 0 Å². The molecule has 0 radical (unpaired) electrons. The number of carbonyl (C=O) groups is 1. The van der Waals surface area contributed by atoms with Gasteiger partial charge in [-0.2, -0.15) is 0 Å². The first-order valence-corrected chi connectivity index (χ1v) is 7.68. The second-order valence-electron chi connectivity index (χ2n) is 5.47. The number of rotatable bonds is 3. The highest BCUT2D eigenvalue weighted by molar-refractivity contribution is 6.31. The first-order valence-electron chi connectivity index (χ1n) is 7.30. The Hall–Kier alpha value is -2.72. The van der Waals surface area contributed by atoms with Crippen LogP contribution in [0.25, 0.3) is 21.8 Å². The van der Waals surface area contributed by atoms with Crippen LogP contribution in [0.2, 0.25) is 5.02 Å². The molecule has 0 aliphatic rings. The van der Waals surface area contributed by atoms with E-state index in [2.05, 4.69) is 10.3 Å². The Labute approximate surface area is 137 Å². The highest BCUT2D eigenvalue weighted by Gasteiger charge is 2.08. The molecule has 2 aromatic carbocycles.